The van der Waals surface area contributed by atoms with Gasteiger partial charge in [-0.2, -0.15) is 9.61 Å². The Balaban J connectivity index is 1.40. The number of rotatable bonds is 5. The summed E-state index contributed by atoms with van der Waals surface area (Å²) in [5, 5.41) is 18.3. The van der Waals surface area contributed by atoms with E-state index in [1.807, 2.05) is 24.3 Å². The third-order valence-electron chi connectivity index (χ3n) is 5.29. The van der Waals surface area contributed by atoms with Crippen molar-refractivity contribution in [2.75, 3.05) is 12.1 Å². The molecule has 11 nitrogen and oxygen atoms in total. The minimum absolute atomic E-state index is 0.235. The van der Waals surface area contributed by atoms with Crippen molar-refractivity contribution in [1.82, 2.24) is 24.6 Å². The molecule has 0 amide bonds. The van der Waals surface area contributed by atoms with Gasteiger partial charge in [0.15, 0.2) is 22.6 Å². The van der Waals surface area contributed by atoms with Gasteiger partial charge in [-0.1, -0.05) is 6.07 Å². The zero-order chi connectivity index (χ0) is 21.7. The predicted molar refractivity (Wildman–Crippen MR) is 113 cm³/mol. The van der Waals surface area contributed by atoms with Gasteiger partial charge < -0.3 is 24.9 Å². The molecule has 0 radical (unpaired) electrons. The zero-order valence-electron chi connectivity index (χ0n) is 16.8. The van der Waals surface area contributed by atoms with E-state index in [4.69, 9.17) is 19.5 Å². The number of anilines is 1. The Morgan fingerprint density at radius 2 is 2.12 bits per heavy atom. The number of imidazole rings is 1. The molecule has 0 bridgehead atoms. The van der Waals surface area contributed by atoms with Gasteiger partial charge in [-0.15, -0.1) is 0 Å². The lowest BCUT2D eigenvalue weighted by Crippen LogP contribution is -2.20. The first-order valence-electron chi connectivity index (χ1n) is 10.2. The second-order valence-electron chi connectivity index (χ2n) is 7.72. The second-order valence-corrected chi connectivity index (χ2v) is 7.72. The first-order valence-corrected chi connectivity index (χ1v) is 10.2. The molecule has 2 aliphatic rings. The lowest BCUT2D eigenvalue weighted by atomic mass is 10.2. The van der Waals surface area contributed by atoms with E-state index >= 15 is 0 Å². The van der Waals surface area contributed by atoms with Crippen LogP contribution >= 0.6 is 0 Å². The number of fused-ring (bicyclic) bond motifs is 2. The summed E-state index contributed by atoms with van der Waals surface area (Å²) in [6.45, 7) is 0.765. The van der Waals surface area contributed by atoms with Crippen LogP contribution in [0.5, 0.6) is 17.4 Å². The maximum Gasteiger partial charge on any atom is 0.326 e. The fourth-order valence-corrected chi connectivity index (χ4v) is 3.53. The molecule has 1 aromatic carbocycles. The molecule has 0 unspecified atom stereocenters. The van der Waals surface area contributed by atoms with Crippen LogP contribution in [-0.4, -0.2) is 42.5 Å². The minimum Gasteiger partial charge on any atom is -0.493 e. The van der Waals surface area contributed by atoms with Gasteiger partial charge in [-0.25, -0.2) is 9.78 Å². The lowest BCUT2D eigenvalue weighted by molar-refractivity contribution is 0.174. The summed E-state index contributed by atoms with van der Waals surface area (Å²) in [5.74, 6) is 1.86. The number of aromatic amines is 2. The molecule has 4 N–H and O–H groups in total. The van der Waals surface area contributed by atoms with Crippen LogP contribution in [0.15, 0.2) is 40.2 Å². The normalized spacial score (nSPS) is 16.2. The maximum atomic E-state index is 11.5. The Bertz CT molecular complexity index is 1510. The largest absolute Gasteiger partial charge is 0.493 e. The fourth-order valence-electron chi connectivity index (χ4n) is 3.53. The van der Waals surface area contributed by atoms with Gasteiger partial charge >= 0.3 is 5.69 Å². The van der Waals surface area contributed by atoms with Crippen molar-refractivity contribution in [2.45, 2.75) is 25.4 Å². The van der Waals surface area contributed by atoms with E-state index in [0.29, 0.717) is 34.8 Å². The predicted octanol–water partition coefficient (Wildman–Crippen LogP) is 0.403. The van der Waals surface area contributed by atoms with Crippen LogP contribution in [0.3, 0.4) is 0 Å². The smallest absolute Gasteiger partial charge is 0.326 e. The number of nitrogens with one attached hydrogen (secondary N) is 3. The van der Waals surface area contributed by atoms with Gasteiger partial charge in [0.25, 0.3) is 0 Å². The van der Waals surface area contributed by atoms with Crippen LogP contribution < -0.4 is 31.2 Å². The molecule has 1 aliphatic heterocycles. The van der Waals surface area contributed by atoms with Crippen LogP contribution in [0.2, 0.25) is 0 Å². The quantitative estimate of drug-likeness (QED) is 0.357. The number of benzene rings is 1. The molecule has 1 fully saturated rings. The van der Waals surface area contributed by atoms with Crippen molar-refractivity contribution < 1.29 is 14.6 Å². The van der Waals surface area contributed by atoms with Gasteiger partial charge in [0.05, 0.1) is 12.2 Å². The third kappa shape index (κ3) is 3.43. The molecule has 1 saturated carbocycles. The Labute approximate surface area is 180 Å². The van der Waals surface area contributed by atoms with E-state index in [1.165, 1.54) is 0 Å². The number of hydrogen-bond donors (Lipinski definition) is 4. The number of H-pyrrole nitrogens is 2. The number of hydrogen-bond acceptors (Lipinski definition) is 8. The molecule has 4 heterocycles. The highest BCUT2D eigenvalue weighted by molar-refractivity contribution is 5.58. The summed E-state index contributed by atoms with van der Waals surface area (Å²) in [7, 11) is 0. The highest BCUT2D eigenvalue weighted by atomic mass is 16.7. The van der Waals surface area contributed by atoms with Crippen LogP contribution in [-0.2, 0) is 6.54 Å². The maximum absolute atomic E-state index is 11.5. The second kappa shape index (κ2) is 7.15. The van der Waals surface area contributed by atoms with Gasteiger partial charge in [-0.05, 0) is 36.6 Å². The fraction of sp³-hybridized carbons (Fsp3) is 0.238. The average Bonchev–Trinajstić information content (AvgIpc) is 3.16. The monoisotopic (exact) mass is 433 g/mol. The highest BCUT2D eigenvalue weighted by Crippen LogP contribution is 2.32. The van der Waals surface area contributed by atoms with Gasteiger partial charge in [0, 0.05) is 17.8 Å². The Kier molecular flexibility index (Phi) is 4.13. The van der Waals surface area contributed by atoms with Gasteiger partial charge in [0.2, 0.25) is 12.7 Å². The van der Waals surface area contributed by atoms with Crippen molar-refractivity contribution in [3.8, 4) is 17.4 Å². The van der Waals surface area contributed by atoms with Crippen molar-refractivity contribution in [3.63, 3.8) is 0 Å². The number of nitrogens with zero attached hydrogens (tertiary/aromatic N) is 4. The minimum atomic E-state index is -0.492. The molecular formula is C21H19N7O4. The van der Waals surface area contributed by atoms with E-state index in [9.17, 15) is 9.90 Å². The molecular weight excluding hydrogens is 414 g/mol. The SMILES string of the molecule is O=c1[nH]c(O)c(C=c2cnn3c(=NC4CC4)cc(NCc4ccc5c(c4)OCO5)nc23)[nH]1. The van der Waals surface area contributed by atoms with E-state index in [0.717, 1.165) is 29.9 Å². The zero-order valence-corrected chi connectivity index (χ0v) is 16.8. The molecule has 0 atom stereocenters. The van der Waals surface area contributed by atoms with Crippen molar-refractivity contribution in [3.05, 3.63) is 62.9 Å². The number of ether oxygens (including phenoxy) is 2. The molecule has 0 saturated heterocycles. The highest BCUT2D eigenvalue weighted by Gasteiger charge is 2.20. The van der Waals surface area contributed by atoms with Gasteiger partial charge in [-0.3, -0.25) is 9.98 Å². The van der Waals surface area contributed by atoms with E-state index in [2.05, 4.69) is 20.4 Å². The number of aromatic hydroxyl groups is 1. The Morgan fingerprint density at radius 3 is 2.94 bits per heavy atom. The van der Waals surface area contributed by atoms with Crippen LogP contribution in [0.4, 0.5) is 5.82 Å². The molecule has 0 spiro atoms. The van der Waals surface area contributed by atoms with Gasteiger partial charge in [0.1, 0.15) is 11.5 Å². The molecule has 6 rings (SSSR count). The average molecular weight is 433 g/mol. The van der Waals surface area contributed by atoms with Crippen LogP contribution in [0.1, 0.15) is 24.1 Å². The first kappa shape index (κ1) is 18.5. The van der Waals surface area contributed by atoms with Crippen LogP contribution in [0, 0.1) is 0 Å². The topological polar surface area (TPSA) is 142 Å². The summed E-state index contributed by atoms with van der Waals surface area (Å²) < 4.78 is 12.5. The third-order valence-corrected chi connectivity index (χ3v) is 5.29. The van der Waals surface area contributed by atoms with Crippen molar-refractivity contribution in [1.29, 1.82) is 0 Å². The summed E-state index contributed by atoms with van der Waals surface area (Å²) in [4.78, 5) is 25.8. The lowest BCUT2D eigenvalue weighted by Gasteiger charge is -2.07. The molecule has 32 heavy (non-hydrogen) atoms. The van der Waals surface area contributed by atoms with E-state index in [1.54, 1.807) is 16.8 Å². The molecule has 1 aliphatic carbocycles. The van der Waals surface area contributed by atoms with Crippen LogP contribution in [0.25, 0.3) is 11.7 Å². The molecule has 11 heteroatoms. The van der Waals surface area contributed by atoms with Crippen molar-refractivity contribution in [2.24, 2.45) is 4.99 Å². The molecule has 3 aromatic heterocycles. The van der Waals surface area contributed by atoms with E-state index in [-0.39, 0.29) is 18.4 Å². The first-order chi connectivity index (χ1) is 15.6. The van der Waals surface area contributed by atoms with E-state index < -0.39 is 5.69 Å². The standard InChI is InChI=1S/C21H19N7O4/c29-20-14(25-21(30)27-20)6-12-9-23-28-18(24-13-2-3-13)7-17(26-19(12)28)22-8-11-1-4-15-16(5-11)32-10-31-15/h1,4-7,9,13,22,29H,2-3,8,10H2,(H2,25,27,30). The number of aromatic nitrogens is 5. The summed E-state index contributed by atoms with van der Waals surface area (Å²) in [6.07, 6.45) is 5.36. The molecule has 162 valence electrons. The Morgan fingerprint density at radius 1 is 1.25 bits per heavy atom. The summed E-state index contributed by atoms with van der Waals surface area (Å²) in [6, 6.07) is 7.95. The van der Waals surface area contributed by atoms with Crippen molar-refractivity contribution >= 4 is 17.5 Å². The summed E-state index contributed by atoms with van der Waals surface area (Å²) in [5.41, 5.74) is 2.03. The molecule has 4 aromatic rings. The Hall–Kier alpha value is -4.28. The summed E-state index contributed by atoms with van der Waals surface area (Å²) >= 11 is 0.